The number of rotatable bonds is 3. The highest BCUT2D eigenvalue weighted by molar-refractivity contribution is 5.90. The Morgan fingerprint density at radius 2 is 1.90 bits per heavy atom. The number of nitrogens with zero attached hydrogens (tertiary/aromatic N) is 1. The molecule has 1 aliphatic carbocycles. The zero-order valence-electron chi connectivity index (χ0n) is 10.9. The number of anilines is 1. The molecule has 7 nitrogen and oxygen atoms in total. The molecule has 0 spiro atoms. The highest BCUT2D eigenvalue weighted by Crippen LogP contribution is 2.18. The maximum absolute atomic E-state index is 11.8. The van der Waals surface area contributed by atoms with Gasteiger partial charge in [-0.15, -0.1) is 0 Å². The third kappa shape index (κ3) is 3.92. The number of aromatic carboxylic acids is 1. The fraction of sp³-hybridized carbons (Fsp3) is 0.462. The number of aromatic nitrogens is 1. The van der Waals surface area contributed by atoms with Crippen LogP contribution in [0.5, 0.6) is 0 Å². The molecule has 1 aromatic rings. The van der Waals surface area contributed by atoms with Gasteiger partial charge < -0.3 is 20.8 Å². The van der Waals surface area contributed by atoms with Crippen LogP contribution in [0, 0.1) is 0 Å². The van der Waals surface area contributed by atoms with E-state index in [0.717, 1.165) is 12.8 Å². The molecule has 20 heavy (non-hydrogen) atoms. The monoisotopic (exact) mass is 279 g/mol. The number of amides is 2. The Hall–Kier alpha value is -2.15. The molecule has 0 atom stereocenters. The Labute approximate surface area is 116 Å². The molecule has 7 heteroatoms. The number of aliphatic hydroxyl groups excluding tert-OH is 1. The first kappa shape index (κ1) is 14.3. The zero-order chi connectivity index (χ0) is 14.5. The van der Waals surface area contributed by atoms with Crippen molar-refractivity contribution in [2.45, 2.75) is 37.8 Å². The number of nitrogens with one attached hydrogen (secondary N) is 2. The van der Waals surface area contributed by atoms with Gasteiger partial charge in [-0.25, -0.2) is 14.6 Å². The average Bonchev–Trinajstić information content (AvgIpc) is 2.42. The van der Waals surface area contributed by atoms with E-state index in [0.29, 0.717) is 18.5 Å². The van der Waals surface area contributed by atoms with E-state index in [1.165, 1.54) is 18.3 Å². The third-order valence-corrected chi connectivity index (χ3v) is 3.27. The highest BCUT2D eigenvalue weighted by Gasteiger charge is 2.20. The van der Waals surface area contributed by atoms with E-state index in [9.17, 15) is 14.7 Å². The van der Waals surface area contributed by atoms with Crippen molar-refractivity contribution in [1.82, 2.24) is 10.3 Å². The van der Waals surface area contributed by atoms with Crippen molar-refractivity contribution in [3.05, 3.63) is 24.0 Å². The minimum Gasteiger partial charge on any atom is -0.477 e. The van der Waals surface area contributed by atoms with Crippen LogP contribution < -0.4 is 10.6 Å². The van der Waals surface area contributed by atoms with Gasteiger partial charge in [-0.1, -0.05) is 0 Å². The van der Waals surface area contributed by atoms with Gasteiger partial charge in [-0.2, -0.15) is 0 Å². The molecule has 108 valence electrons. The molecular weight excluding hydrogens is 262 g/mol. The second-order valence-corrected chi connectivity index (χ2v) is 4.84. The number of pyridine rings is 1. The molecule has 1 aliphatic rings. The smallest absolute Gasteiger partial charge is 0.354 e. The van der Waals surface area contributed by atoms with Crippen molar-refractivity contribution >= 4 is 17.7 Å². The van der Waals surface area contributed by atoms with Gasteiger partial charge in [0.25, 0.3) is 0 Å². The number of carbonyl (C=O) groups excluding carboxylic acids is 1. The van der Waals surface area contributed by atoms with Gasteiger partial charge in [0.1, 0.15) is 5.69 Å². The van der Waals surface area contributed by atoms with Crippen molar-refractivity contribution in [3.63, 3.8) is 0 Å². The number of hydrogen-bond donors (Lipinski definition) is 4. The Morgan fingerprint density at radius 1 is 1.20 bits per heavy atom. The second kappa shape index (κ2) is 6.33. The van der Waals surface area contributed by atoms with E-state index in [4.69, 9.17) is 5.11 Å². The topological polar surface area (TPSA) is 112 Å². The van der Waals surface area contributed by atoms with Gasteiger partial charge in [-0.3, -0.25) is 0 Å². The molecule has 1 aromatic heterocycles. The fourth-order valence-electron chi connectivity index (χ4n) is 2.17. The first-order valence-corrected chi connectivity index (χ1v) is 6.49. The molecule has 2 rings (SSSR count). The van der Waals surface area contributed by atoms with Crippen LogP contribution in [0.4, 0.5) is 10.5 Å². The molecule has 0 aliphatic heterocycles. The number of urea groups is 1. The van der Waals surface area contributed by atoms with Crippen LogP contribution in [-0.2, 0) is 0 Å². The van der Waals surface area contributed by atoms with Gasteiger partial charge in [0.15, 0.2) is 0 Å². The Kier molecular flexibility index (Phi) is 4.52. The first-order valence-electron chi connectivity index (χ1n) is 6.49. The molecular formula is C13H17N3O4. The maximum atomic E-state index is 11.8. The maximum Gasteiger partial charge on any atom is 0.354 e. The minimum absolute atomic E-state index is 0.0599. The van der Waals surface area contributed by atoms with Gasteiger partial charge in [-0.05, 0) is 37.8 Å². The van der Waals surface area contributed by atoms with Crippen LogP contribution in [0.25, 0.3) is 0 Å². The standard InChI is InChI=1S/C13H17N3O4/c17-10-4-1-8(2-5-10)15-13(20)16-9-3-6-11(12(18)19)14-7-9/h3,6-8,10,17H,1-2,4-5H2,(H,18,19)(H2,15,16,20). The van der Waals surface area contributed by atoms with E-state index < -0.39 is 5.97 Å². The van der Waals surface area contributed by atoms with Crippen molar-refractivity contribution in [2.24, 2.45) is 0 Å². The molecule has 2 amide bonds. The summed E-state index contributed by atoms with van der Waals surface area (Å²) in [5.74, 6) is -1.11. The van der Waals surface area contributed by atoms with Crippen LogP contribution in [0.1, 0.15) is 36.2 Å². The Morgan fingerprint density at radius 3 is 2.45 bits per heavy atom. The zero-order valence-corrected chi connectivity index (χ0v) is 10.9. The van der Waals surface area contributed by atoms with Crippen molar-refractivity contribution in [1.29, 1.82) is 0 Å². The average molecular weight is 279 g/mol. The second-order valence-electron chi connectivity index (χ2n) is 4.84. The normalized spacial score (nSPS) is 22.1. The van der Waals surface area contributed by atoms with Crippen LogP contribution in [0.3, 0.4) is 0 Å². The number of hydrogen-bond acceptors (Lipinski definition) is 4. The quantitative estimate of drug-likeness (QED) is 0.664. The lowest BCUT2D eigenvalue weighted by molar-refractivity contribution is 0.0690. The number of carboxylic acids is 1. The largest absolute Gasteiger partial charge is 0.477 e. The molecule has 1 fully saturated rings. The summed E-state index contributed by atoms with van der Waals surface area (Å²) in [6.07, 6.45) is 3.94. The molecule has 0 saturated heterocycles. The molecule has 1 heterocycles. The summed E-state index contributed by atoms with van der Waals surface area (Å²) in [4.78, 5) is 26.1. The van der Waals surface area contributed by atoms with E-state index >= 15 is 0 Å². The lowest BCUT2D eigenvalue weighted by Crippen LogP contribution is -2.40. The third-order valence-electron chi connectivity index (χ3n) is 3.27. The van der Waals surface area contributed by atoms with Crippen molar-refractivity contribution in [3.8, 4) is 0 Å². The Balaban J connectivity index is 1.83. The first-order chi connectivity index (χ1) is 9.54. The summed E-state index contributed by atoms with van der Waals surface area (Å²) in [5, 5.41) is 23.5. The van der Waals surface area contributed by atoms with Crippen LogP contribution >= 0.6 is 0 Å². The van der Waals surface area contributed by atoms with Gasteiger partial charge in [0.05, 0.1) is 18.0 Å². The summed E-state index contributed by atoms with van der Waals surface area (Å²) < 4.78 is 0. The number of aliphatic hydroxyl groups is 1. The number of carbonyl (C=O) groups is 2. The summed E-state index contributed by atoms with van der Waals surface area (Å²) in [6, 6.07) is 2.52. The lowest BCUT2D eigenvalue weighted by atomic mass is 9.93. The van der Waals surface area contributed by atoms with Crippen LogP contribution in [-0.4, -0.2) is 39.3 Å². The number of carboxylic acid groups (broad SMARTS) is 1. The molecule has 0 bridgehead atoms. The van der Waals surface area contributed by atoms with Gasteiger partial charge >= 0.3 is 12.0 Å². The minimum atomic E-state index is -1.11. The fourth-order valence-corrected chi connectivity index (χ4v) is 2.17. The Bertz CT molecular complexity index is 481. The summed E-state index contributed by atoms with van der Waals surface area (Å²) >= 11 is 0. The predicted molar refractivity (Wildman–Crippen MR) is 71.6 cm³/mol. The molecule has 0 radical (unpaired) electrons. The molecule has 0 unspecified atom stereocenters. The van der Waals surface area contributed by atoms with E-state index in [1.807, 2.05) is 0 Å². The highest BCUT2D eigenvalue weighted by atomic mass is 16.4. The van der Waals surface area contributed by atoms with Crippen molar-refractivity contribution < 1.29 is 19.8 Å². The van der Waals surface area contributed by atoms with E-state index in [2.05, 4.69) is 15.6 Å². The summed E-state index contributed by atoms with van der Waals surface area (Å²) in [7, 11) is 0. The summed E-state index contributed by atoms with van der Waals surface area (Å²) in [6.45, 7) is 0. The lowest BCUT2D eigenvalue weighted by Gasteiger charge is -2.26. The molecule has 4 N–H and O–H groups in total. The molecule has 0 aromatic carbocycles. The van der Waals surface area contributed by atoms with Crippen LogP contribution in [0.15, 0.2) is 18.3 Å². The van der Waals surface area contributed by atoms with Crippen molar-refractivity contribution in [2.75, 3.05) is 5.32 Å². The molecule has 1 saturated carbocycles. The van der Waals surface area contributed by atoms with Gasteiger partial charge in [0, 0.05) is 6.04 Å². The van der Waals surface area contributed by atoms with Gasteiger partial charge in [0.2, 0.25) is 0 Å². The van der Waals surface area contributed by atoms with E-state index in [1.54, 1.807) is 0 Å². The van der Waals surface area contributed by atoms with Crippen LogP contribution in [0.2, 0.25) is 0 Å². The van der Waals surface area contributed by atoms with E-state index in [-0.39, 0.29) is 23.9 Å². The predicted octanol–water partition coefficient (Wildman–Crippen LogP) is 1.20. The summed E-state index contributed by atoms with van der Waals surface area (Å²) in [5.41, 5.74) is 0.362. The SMILES string of the molecule is O=C(Nc1ccc(C(=O)O)nc1)NC1CCC(O)CC1.